The van der Waals surface area contributed by atoms with Crippen LogP contribution < -0.4 is 0 Å². The zero-order chi connectivity index (χ0) is 7.56. The van der Waals surface area contributed by atoms with Crippen LogP contribution in [0.3, 0.4) is 0 Å². The second kappa shape index (κ2) is 3.07. The molecule has 0 N–H and O–H groups in total. The van der Waals surface area contributed by atoms with Gasteiger partial charge in [-0.05, 0) is 0 Å². The van der Waals surface area contributed by atoms with Crippen molar-refractivity contribution in [2.24, 2.45) is 0 Å². The van der Waals surface area contributed by atoms with E-state index in [-0.39, 0.29) is 6.10 Å². The molecule has 1 saturated heterocycles. The summed E-state index contributed by atoms with van der Waals surface area (Å²) in [6.07, 6.45) is 1.08. The van der Waals surface area contributed by atoms with Gasteiger partial charge in [0.2, 0.25) is 0 Å². The van der Waals surface area contributed by atoms with E-state index in [1.807, 2.05) is 0 Å². The number of esters is 1. The predicted octanol–water partition coefficient (Wildman–Crippen LogP) is 0.370. The van der Waals surface area contributed by atoms with Gasteiger partial charge >= 0.3 is 5.97 Å². The number of thiol groups is 1. The van der Waals surface area contributed by atoms with Crippen molar-refractivity contribution >= 4 is 18.6 Å². The molecule has 1 heterocycles. The van der Waals surface area contributed by atoms with Crippen molar-refractivity contribution in [1.29, 1.82) is 0 Å². The Kier molecular flexibility index (Phi) is 2.34. The third-order valence-corrected chi connectivity index (χ3v) is 1.52. The van der Waals surface area contributed by atoms with Crippen molar-refractivity contribution in [3.63, 3.8) is 0 Å². The lowest BCUT2D eigenvalue weighted by molar-refractivity contribution is -0.139. The van der Waals surface area contributed by atoms with E-state index in [0.29, 0.717) is 6.61 Å². The highest BCUT2D eigenvalue weighted by Crippen LogP contribution is 2.19. The smallest absolute Gasteiger partial charge is 0.331 e. The lowest BCUT2D eigenvalue weighted by atomic mass is 10.5. The second-order valence-corrected chi connectivity index (χ2v) is 2.41. The number of epoxide rings is 1. The molecule has 1 rings (SSSR count). The lowest BCUT2D eigenvalue weighted by Gasteiger charge is -2.05. The third kappa shape index (κ3) is 2.04. The number of ether oxygens (including phenoxy) is 2. The Balaban J connectivity index is 2.22. The molecule has 0 spiro atoms. The minimum atomic E-state index is -0.462. The monoisotopic (exact) mass is 160 g/mol. The van der Waals surface area contributed by atoms with Crippen molar-refractivity contribution in [3.05, 3.63) is 12.7 Å². The first-order chi connectivity index (χ1) is 4.74. The Morgan fingerprint density at radius 3 is 3.00 bits per heavy atom. The standard InChI is InChI=1S/C6H8O3S/c1-2-5(7)9-6(10)4-3-8-4/h2,4,6,10H,1,3H2. The lowest BCUT2D eigenvalue weighted by Crippen LogP contribution is -2.16. The molecule has 0 aromatic carbocycles. The average molecular weight is 160 g/mol. The van der Waals surface area contributed by atoms with Crippen molar-refractivity contribution < 1.29 is 14.3 Å². The number of carbonyl (C=O) groups is 1. The molecule has 2 unspecified atom stereocenters. The summed E-state index contributed by atoms with van der Waals surface area (Å²) in [6.45, 7) is 3.87. The Hall–Kier alpha value is -0.480. The topological polar surface area (TPSA) is 38.8 Å². The molecule has 4 heteroatoms. The summed E-state index contributed by atoms with van der Waals surface area (Å²) in [5.74, 6) is -0.462. The number of carbonyl (C=O) groups excluding carboxylic acids is 1. The minimum Gasteiger partial charge on any atom is -0.445 e. The van der Waals surface area contributed by atoms with Gasteiger partial charge in [-0.15, -0.1) is 12.6 Å². The van der Waals surface area contributed by atoms with Gasteiger partial charge in [-0.1, -0.05) is 6.58 Å². The first-order valence-electron chi connectivity index (χ1n) is 2.87. The fraction of sp³-hybridized carbons (Fsp3) is 0.500. The third-order valence-electron chi connectivity index (χ3n) is 1.08. The molecule has 0 saturated carbocycles. The molecule has 0 aliphatic carbocycles. The highest BCUT2D eigenvalue weighted by Gasteiger charge is 2.32. The van der Waals surface area contributed by atoms with Gasteiger partial charge in [0, 0.05) is 6.08 Å². The molecule has 0 radical (unpaired) electrons. The molecule has 1 fully saturated rings. The largest absolute Gasteiger partial charge is 0.445 e. The SMILES string of the molecule is C=CC(=O)OC(S)C1CO1. The minimum absolute atomic E-state index is 0.0211. The van der Waals surface area contributed by atoms with Crippen LogP contribution in [0.25, 0.3) is 0 Å². The van der Waals surface area contributed by atoms with Gasteiger partial charge < -0.3 is 9.47 Å². The summed E-state index contributed by atoms with van der Waals surface area (Å²) in [5.41, 5.74) is -0.439. The van der Waals surface area contributed by atoms with Crippen LogP contribution in [0.15, 0.2) is 12.7 Å². The summed E-state index contributed by atoms with van der Waals surface area (Å²) in [6, 6.07) is 0. The maximum atomic E-state index is 10.5. The van der Waals surface area contributed by atoms with Crippen molar-refractivity contribution in [3.8, 4) is 0 Å². The van der Waals surface area contributed by atoms with Crippen LogP contribution in [0.4, 0.5) is 0 Å². The highest BCUT2D eigenvalue weighted by molar-refractivity contribution is 7.80. The zero-order valence-electron chi connectivity index (χ0n) is 5.32. The molecule has 1 aliphatic heterocycles. The van der Waals surface area contributed by atoms with Gasteiger partial charge in [-0.2, -0.15) is 0 Å². The molecule has 0 aromatic rings. The maximum absolute atomic E-state index is 10.5. The van der Waals surface area contributed by atoms with Gasteiger partial charge in [0.15, 0.2) is 5.44 Å². The molecule has 3 nitrogen and oxygen atoms in total. The molecule has 10 heavy (non-hydrogen) atoms. The van der Waals surface area contributed by atoms with Crippen LogP contribution in [0.2, 0.25) is 0 Å². The molecule has 0 bridgehead atoms. The number of rotatable bonds is 3. The van der Waals surface area contributed by atoms with Gasteiger partial charge in [-0.3, -0.25) is 0 Å². The normalized spacial score (nSPS) is 25.1. The first kappa shape index (κ1) is 7.63. The van der Waals surface area contributed by atoms with Gasteiger partial charge in [0.25, 0.3) is 0 Å². The molecule has 2 atom stereocenters. The average Bonchev–Trinajstić information content (AvgIpc) is 2.68. The van der Waals surface area contributed by atoms with Gasteiger partial charge in [0.05, 0.1) is 6.61 Å². The van der Waals surface area contributed by atoms with Crippen LogP contribution in [0.1, 0.15) is 0 Å². The van der Waals surface area contributed by atoms with E-state index in [4.69, 9.17) is 9.47 Å². The quantitative estimate of drug-likeness (QED) is 0.213. The number of hydrogen-bond donors (Lipinski definition) is 1. The summed E-state index contributed by atoms with van der Waals surface area (Å²) < 4.78 is 9.53. The fourth-order valence-electron chi connectivity index (χ4n) is 0.463. The molecule has 0 amide bonds. The van der Waals surface area contributed by atoms with E-state index in [1.165, 1.54) is 0 Å². The fourth-order valence-corrected chi connectivity index (χ4v) is 0.739. The Morgan fingerprint density at radius 1 is 2.00 bits per heavy atom. The Labute approximate surface area is 64.4 Å². The van der Waals surface area contributed by atoms with E-state index in [9.17, 15) is 4.79 Å². The van der Waals surface area contributed by atoms with Crippen LogP contribution in [0, 0.1) is 0 Å². The van der Waals surface area contributed by atoms with E-state index < -0.39 is 11.4 Å². The summed E-state index contributed by atoms with van der Waals surface area (Å²) in [4.78, 5) is 10.5. The molecular weight excluding hydrogens is 152 g/mol. The Bertz CT molecular complexity index is 153. The predicted molar refractivity (Wildman–Crippen MR) is 38.8 cm³/mol. The Morgan fingerprint density at radius 2 is 2.60 bits per heavy atom. The van der Waals surface area contributed by atoms with Crippen LogP contribution >= 0.6 is 12.6 Å². The highest BCUT2D eigenvalue weighted by atomic mass is 32.1. The van der Waals surface area contributed by atoms with Crippen LogP contribution in [0.5, 0.6) is 0 Å². The summed E-state index contributed by atoms with van der Waals surface area (Å²) in [7, 11) is 0. The van der Waals surface area contributed by atoms with Gasteiger partial charge in [-0.25, -0.2) is 4.79 Å². The molecule has 1 aliphatic rings. The summed E-state index contributed by atoms with van der Waals surface area (Å²) in [5, 5.41) is 0. The van der Waals surface area contributed by atoms with Crippen molar-refractivity contribution in [1.82, 2.24) is 0 Å². The van der Waals surface area contributed by atoms with Crippen molar-refractivity contribution in [2.45, 2.75) is 11.5 Å². The number of hydrogen-bond acceptors (Lipinski definition) is 4. The first-order valence-corrected chi connectivity index (χ1v) is 3.38. The van der Waals surface area contributed by atoms with Crippen LogP contribution in [-0.2, 0) is 14.3 Å². The zero-order valence-corrected chi connectivity index (χ0v) is 6.21. The van der Waals surface area contributed by atoms with Crippen molar-refractivity contribution in [2.75, 3.05) is 6.61 Å². The molecule has 56 valence electrons. The van der Waals surface area contributed by atoms with E-state index in [0.717, 1.165) is 6.08 Å². The van der Waals surface area contributed by atoms with E-state index in [2.05, 4.69) is 19.2 Å². The second-order valence-electron chi connectivity index (χ2n) is 1.90. The van der Waals surface area contributed by atoms with E-state index in [1.54, 1.807) is 0 Å². The van der Waals surface area contributed by atoms with E-state index >= 15 is 0 Å². The summed E-state index contributed by atoms with van der Waals surface area (Å²) >= 11 is 3.96. The van der Waals surface area contributed by atoms with Crippen LogP contribution in [-0.4, -0.2) is 24.1 Å². The molecular formula is C6H8O3S. The molecule has 0 aromatic heterocycles. The maximum Gasteiger partial charge on any atom is 0.331 e. The van der Waals surface area contributed by atoms with Gasteiger partial charge in [0.1, 0.15) is 6.10 Å².